The zero-order valence-corrected chi connectivity index (χ0v) is 11.9. The van der Waals surface area contributed by atoms with Crippen molar-refractivity contribution in [3.05, 3.63) is 24.3 Å². The summed E-state index contributed by atoms with van der Waals surface area (Å²) >= 11 is 0. The summed E-state index contributed by atoms with van der Waals surface area (Å²) in [5.41, 5.74) is 0.378. The zero-order chi connectivity index (χ0) is 16.6. The standard InChI is InChI=1S/C15H15F2NO5/c16-15(17)22-8-3-1-7(2-4-8)18-13(19)11-9-5-6-10(23-9)12(11)14(20)21/h1-4,9-12,15H,5-6H2,(H,18,19)(H,20,21)/t9-,10+,11+,12-/m1/s1. The zero-order valence-electron chi connectivity index (χ0n) is 11.9. The first-order valence-electron chi connectivity index (χ1n) is 7.19. The molecular formula is C15H15F2NO5. The molecule has 0 aromatic heterocycles. The minimum atomic E-state index is -2.92. The molecule has 1 aromatic carbocycles. The number of anilines is 1. The molecule has 2 heterocycles. The van der Waals surface area contributed by atoms with Gasteiger partial charge in [-0.2, -0.15) is 8.78 Å². The Kier molecular flexibility index (Phi) is 4.16. The number of carboxylic acids is 1. The van der Waals surface area contributed by atoms with Crippen LogP contribution in [0.3, 0.4) is 0 Å². The van der Waals surface area contributed by atoms with Gasteiger partial charge in [0.15, 0.2) is 0 Å². The van der Waals surface area contributed by atoms with Gasteiger partial charge in [0.2, 0.25) is 5.91 Å². The lowest BCUT2D eigenvalue weighted by Crippen LogP contribution is -2.40. The molecule has 4 atom stereocenters. The van der Waals surface area contributed by atoms with Crippen LogP contribution in [0.25, 0.3) is 0 Å². The lowest BCUT2D eigenvalue weighted by molar-refractivity contribution is -0.147. The first-order chi connectivity index (χ1) is 11.0. The summed E-state index contributed by atoms with van der Waals surface area (Å²) in [6.45, 7) is -2.92. The molecule has 0 aliphatic carbocycles. The molecule has 1 amide bonds. The lowest BCUT2D eigenvalue weighted by atomic mass is 9.78. The van der Waals surface area contributed by atoms with E-state index < -0.39 is 36.4 Å². The summed E-state index contributed by atoms with van der Waals surface area (Å²) in [5.74, 6) is -3.10. The molecular weight excluding hydrogens is 312 g/mol. The number of hydrogen-bond donors (Lipinski definition) is 2. The number of aliphatic carboxylic acids is 1. The fourth-order valence-corrected chi connectivity index (χ4v) is 3.27. The first kappa shape index (κ1) is 15.7. The number of carbonyl (C=O) groups excluding carboxylic acids is 1. The number of carboxylic acid groups (broad SMARTS) is 1. The Labute approximate surface area is 130 Å². The molecule has 2 saturated heterocycles. The lowest BCUT2D eigenvalue weighted by Gasteiger charge is -2.23. The van der Waals surface area contributed by atoms with Crippen LogP contribution in [-0.2, 0) is 14.3 Å². The summed E-state index contributed by atoms with van der Waals surface area (Å²) in [6, 6.07) is 5.43. The molecule has 2 aliphatic heterocycles. The van der Waals surface area contributed by atoms with Crippen LogP contribution in [0.2, 0.25) is 0 Å². The molecule has 2 bridgehead atoms. The largest absolute Gasteiger partial charge is 0.481 e. The van der Waals surface area contributed by atoms with Crippen LogP contribution < -0.4 is 10.1 Å². The predicted octanol–water partition coefficient (Wildman–Crippen LogP) is 2.10. The van der Waals surface area contributed by atoms with Gasteiger partial charge in [-0.15, -0.1) is 0 Å². The SMILES string of the molecule is O=C(Nc1ccc(OC(F)F)cc1)[C@@H]1[C@H](C(=O)O)[C@@H]2CC[C@H]1O2. The normalized spacial score (nSPS) is 28.8. The number of carbonyl (C=O) groups is 2. The Morgan fingerprint density at radius 1 is 1.17 bits per heavy atom. The maximum atomic E-state index is 12.4. The van der Waals surface area contributed by atoms with Gasteiger partial charge in [0.05, 0.1) is 24.0 Å². The van der Waals surface area contributed by atoms with E-state index in [9.17, 15) is 23.5 Å². The monoisotopic (exact) mass is 327 g/mol. The summed E-state index contributed by atoms with van der Waals surface area (Å²) in [6.07, 6.45) is 0.497. The highest BCUT2D eigenvalue weighted by Crippen LogP contribution is 2.44. The van der Waals surface area contributed by atoms with Crippen molar-refractivity contribution in [1.29, 1.82) is 0 Å². The van der Waals surface area contributed by atoms with Crippen LogP contribution in [0.1, 0.15) is 12.8 Å². The number of ether oxygens (including phenoxy) is 2. The van der Waals surface area contributed by atoms with Crippen molar-refractivity contribution in [1.82, 2.24) is 0 Å². The number of amides is 1. The fourth-order valence-electron chi connectivity index (χ4n) is 3.27. The van der Waals surface area contributed by atoms with Crippen molar-refractivity contribution >= 4 is 17.6 Å². The summed E-state index contributed by atoms with van der Waals surface area (Å²) in [4.78, 5) is 23.7. The number of nitrogens with one attached hydrogen (secondary N) is 1. The molecule has 1 aromatic rings. The van der Waals surface area contributed by atoms with E-state index in [1.807, 2.05) is 0 Å². The Morgan fingerprint density at radius 2 is 1.78 bits per heavy atom. The topological polar surface area (TPSA) is 84.9 Å². The van der Waals surface area contributed by atoms with E-state index in [1.165, 1.54) is 24.3 Å². The number of halogens is 2. The molecule has 0 saturated carbocycles. The summed E-state index contributed by atoms with van der Waals surface area (Å²) in [7, 11) is 0. The smallest absolute Gasteiger partial charge is 0.387 e. The highest BCUT2D eigenvalue weighted by molar-refractivity contribution is 5.96. The molecule has 0 spiro atoms. The molecule has 124 valence electrons. The minimum absolute atomic E-state index is 0.0235. The van der Waals surface area contributed by atoms with Crippen LogP contribution in [-0.4, -0.2) is 35.8 Å². The molecule has 0 radical (unpaired) electrons. The number of hydrogen-bond acceptors (Lipinski definition) is 4. The Balaban J connectivity index is 1.68. The summed E-state index contributed by atoms with van der Waals surface area (Å²) < 4.78 is 33.9. The van der Waals surface area contributed by atoms with Crippen molar-refractivity contribution in [2.75, 3.05) is 5.32 Å². The third kappa shape index (κ3) is 3.12. The van der Waals surface area contributed by atoms with Crippen molar-refractivity contribution in [3.8, 4) is 5.75 Å². The molecule has 2 N–H and O–H groups in total. The van der Waals surface area contributed by atoms with Crippen LogP contribution in [0, 0.1) is 11.8 Å². The van der Waals surface area contributed by atoms with E-state index >= 15 is 0 Å². The first-order valence-corrected chi connectivity index (χ1v) is 7.19. The number of alkyl halides is 2. The van der Waals surface area contributed by atoms with Gasteiger partial charge in [-0.3, -0.25) is 9.59 Å². The molecule has 8 heteroatoms. The van der Waals surface area contributed by atoms with E-state index in [2.05, 4.69) is 10.1 Å². The average molecular weight is 327 g/mol. The van der Waals surface area contributed by atoms with Crippen LogP contribution in [0.15, 0.2) is 24.3 Å². The van der Waals surface area contributed by atoms with Gasteiger partial charge in [0.25, 0.3) is 0 Å². The molecule has 0 unspecified atom stereocenters. The van der Waals surface area contributed by atoms with Crippen LogP contribution in [0.5, 0.6) is 5.75 Å². The van der Waals surface area contributed by atoms with Gasteiger partial charge in [0.1, 0.15) is 5.75 Å². The number of fused-ring (bicyclic) bond motifs is 2. The third-order valence-corrected chi connectivity index (χ3v) is 4.21. The molecule has 6 nitrogen and oxygen atoms in total. The Morgan fingerprint density at radius 3 is 2.35 bits per heavy atom. The second-order valence-electron chi connectivity index (χ2n) is 5.57. The van der Waals surface area contributed by atoms with E-state index in [0.717, 1.165) is 0 Å². The van der Waals surface area contributed by atoms with Gasteiger partial charge in [-0.25, -0.2) is 0 Å². The van der Waals surface area contributed by atoms with Crippen molar-refractivity contribution < 1.29 is 33.0 Å². The van der Waals surface area contributed by atoms with Crippen LogP contribution >= 0.6 is 0 Å². The Hall–Kier alpha value is -2.22. The van der Waals surface area contributed by atoms with Gasteiger partial charge in [-0.1, -0.05) is 0 Å². The minimum Gasteiger partial charge on any atom is -0.481 e. The van der Waals surface area contributed by atoms with Gasteiger partial charge in [0, 0.05) is 5.69 Å². The second-order valence-corrected chi connectivity index (χ2v) is 5.57. The molecule has 2 aliphatic rings. The quantitative estimate of drug-likeness (QED) is 0.865. The van der Waals surface area contributed by atoms with Crippen molar-refractivity contribution in [2.24, 2.45) is 11.8 Å². The van der Waals surface area contributed by atoms with Gasteiger partial charge >= 0.3 is 12.6 Å². The van der Waals surface area contributed by atoms with Crippen LogP contribution in [0.4, 0.5) is 14.5 Å². The highest BCUT2D eigenvalue weighted by atomic mass is 19.3. The van der Waals surface area contributed by atoms with Gasteiger partial charge < -0.3 is 19.9 Å². The van der Waals surface area contributed by atoms with Crippen molar-refractivity contribution in [2.45, 2.75) is 31.7 Å². The van der Waals surface area contributed by atoms with E-state index in [1.54, 1.807) is 0 Å². The summed E-state index contributed by atoms with van der Waals surface area (Å²) in [5, 5.41) is 11.9. The average Bonchev–Trinajstić information content (AvgIpc) is 3.09. The maximum Gasteiger partial charge on any atom is 0.387 e. The van der Waals surface area contributed by atoms with E-state index in [-0.39, 0.29) is 11.9 Å². The van der Waals surface area contributed by atoms with Gasteiger partial charge in [-0.05, 0) is 37.1 Å². The molecule has 2 fully saturated rings. The third-order valence-electron chi connectivity index (χ3n) is 4.21. The number of benzene rings is 1. The molecule has 3 rings (SSSR count). The Bertz CT molecular complexity index is 606. The van der Waals surface area contributed by atoms with Crippen molar-refractivity contribution in [3.63, 3.8) is 0 Å². The number of rotatable bonds is 5. The fraction of sp³-hybridized carbons (Fsp3) is 0.467. The predicted molar refractivity (Wildman–Crippen MR) is 74.2 cm³/mol. The second kappa shape index (κ2) is 6.11. The maximum absolute atomic E-state index is 12.4. The molecule has 23 heavy (non-hydrogen) atoms. The van der Waals surface area contributed by atoms with E-state index in [0.29, 0.717) is 18.5 Å². The van der Waals surface area contributed by atoms with E-state index in [4.69, 9.17) is 4.74 Å². The highest BCUT2D eigenvalue weighted by Gasteiger charge is 2.55.